The van der Waals surface area contributed by atoms with Crippen LogP contribution >= 0.6 is 0 Å². The Morgan fingerprint density at radius 2 is 1.72 bits per heavy atom. The van der Waals surface area contributed by atoms with Gasteiger partial charge < -0.3 is 0 Å². The van der Waals surface area contributed by atoms with Gasteiger partial charge in [-0.25, -0.2) is 0 Å². The maximum Gasteiger partial charge on any atom is 0.138 e. The van der Waals surface area contributed by atoms with Crippen molar-refractivity contribution in [2.45, 2.75) is 65.3 Å². The van der Waals surface area contributed by atoms with E-state index in [-0.39, 0.29) is 5.92 Å². The maximum absolute atomic E-state index is 11.7. The first-order chi connectivity index (χ1) is 8.61. The van der Waals surface area contributed by atoms with Gasteiger partial charge in [0.15, 0.2) is 0 Å². The number of rotatable bonds is 3. The van der Waals surface area contributed by atoms with Crippen LogP contribution in [-0.4, -0.2) is 29.8 Å². The van der Waals surface area contributed by atoms with Crippen LogP contribution in [0.25, 0.3) is 0 Å². The minimum atomic E-state index is 0.241. The molecule has 1 saturated carbocycles. The zero-order valence-corrected chi connectivity index (χ0v) is 12.3. The Bertz CT molecular complexity index is 281. The van der Waals surface area contributed by atoms with Crippen LogP contribution in [0.15, 0.2) is 0 Å². The van der Waals surface area contributed by atoms with Crippen molar-refractivity contribution in [3.05, 3.63) is 0 Å². The zero-order chi connectivity index (χ0) is 13.1. The molecule has 2 unspecified atom stereocenters. The molecule has 0 spiro atoms. The van der Waals surface area contributed by atoms with Crippen molar-refractivity contribution in [2.75, 3.05) is 13.1 Å². The van der Waals surface area contributed by atoms with Crippen molar-refractivity contribution in [3.63, 3.8) is 0 Å². The van der Waals surface area contributed by atoms with E-state index in [2.05, 4.69) is 25.7 Å². The molecule has 1 saturated heterocycles. The van der Waals surface area contributed by atoms with Crippen LogP contribution in [0.3, 0.4) is 0 Å². The molecule has 2 atom stereocenters. The summed E-state index contributed by atoms with van der Waals surface area (Å²) in [5.41, 5.74) is 0. The molecule has 0 amide bonds. The quantitative estimate of drug-likeness (QED) is 0.765. The summed E-state index contributed by atoms with van der Waals surface area (Å²) in [4.78, 5) is 14.3. The molecule has 1 aliphatic heterocycles. The summed E-state index contributed by atoms with van der Waals surface area (Å²) >= 11 is 0. The highest BCUT2D eigenvalue weighted by molar-refractivity contribution is 5.82. The van der Waals surface area contributed by atoms with E-state index >= 15 is 0 Å². The van der Waals surface area contributed by atoms with Gasteiger partial charge in [0.25, 0.3) is 0 Å². The first-order valence-corrected chi connectivity index (χ1v) is 7.88. The highest BCUT2D eigenvalue weighted by Crippen LogP contribution is 2.32. The number of nitrogens with zero attached hydrogens (tertiary/aromatic N) is 1. The third-order valence-corrected chi connectivity index (χ3v) is 5.49. The van der Waals surface area contributed by atoms with Gasteiger partial charge in [-0.1, -0.05) is 33.1 Å². The van der Waals surface area contributed by atoms with Gasteiger partial charge in [0.2, 0.25) is 0 Å². The van der Waals surface area contributed by atoms with Crippen LogP contribution in [0.4, 0.5) is 0 Å². The van der Waals surface area contributed by atoms with E-state index in [0.29, 0.717) is 11.8 Å². The molecule has 2 rings (SSSR count). The second-order valence-corrected chi connectivity index (χ2v) is 6.54. The summed E-state index contributed by atoms with van der Waals surface area (Å²) in [5.74, 6) is 2.58. The predicted octanol–water partition coefficient (Wildman–Crippen LogP) is 3.50. The lowest BCUT2D eigenvalue weighted by Crippen LogP contribution is -2.48. The van der Waals surface area contributed by atoms with Gasteiger partial charge in [0, 0.05) is 31.5 Å². The van der Waals surface area contributed by atoms with Gasteiger partial charge in [-0.2, -0.15) is 0 Å². The van der Waals surface area contributed by atoms with E-state index in [4.69, 9.17) is 0 Å². The SMILES string of the molecule is CCC1CCC(CN2CCC(=O)C(C)C2C)CC1. The lowest BCUT2D eigenvalue weighted by molar-refractivity contribution is -0.128. The van der Waals surface area contributed by atoms with Crippen LogP contribution in [0.5, 0.6) is 0 Å². The first-order valence-electron chi connectivity index (χ1n) is 7.88. The average molecular weight is 251 g/mol. The van der Waals surface area contributed by atoms with Gasteiger partial charge in [0.1, 0.15) is 5.78 Å². The van der Waals surface area contributed by atoms with E-state index < -0.39 is 0 Å². The van der Waals surface area contributed by atoms with Gasteiger partial charge in [-0.3, -0.25) is 9.69 Å². The molecule has 18 heavy (non-hydrogen) atoms. The van der Waals surface area contributed by atoms with Gasteiger partial charge in [0.05, 0.1) is 0 Å². The largest absolute Gasteiger partial charge is 0.299 e. The molecule has 1 aliphatic carbocycles. The summed E-state index contributed by atoms with van der Waals surface area (Å²) in [6.07, 6.45) is 7.80. The minimum absolute atomic E-state index is 0.241. The Labute approximate surface area is 112 Å². The molecular formula is C16H29NO. The summed E-state index contributed by atoms with van der Waals surface area (Å²) < 4.78 is 0. The lowest BCUT2D eigenvalue weighted by atomic mass is 9.80. The fraction of sp³-hybridized carbons (Fsp3) is 0.938. The molecule has 0 N–H and O–H groups in total. The highest BCUT2D eigenvalue weighted by Gasteiger charge is 2.32. The van der Waals surface area contributed by atoms with Gasteiger partial charge >= 0.3 is 0 Å². The lowest BCUT2D eigenvalue weighted by Gasteiger charge is -2.40. The molecule has 0 aromatic rings. The monoisotopic (exact) mass is 251 g/mol. The number of Topliss-reactive ketones (excluding diaryl/α,β-unsaturated/α-hetero) is 1. The number of piperidine rings is 1. The van der Waals surface area contributed by atoms with Crippen molar-refractivity contribution in [1.82, 2.24) is 4.90 Å². The summed E-state index contributed by atoms with van der Waals surface area (Å²) in [7, 11) is 0. The van der Waals surface area contributed by atoms with E-state index in [9.17, 15) is 4.79 Å². The van der Waals surface area contributed by atoms with Crippen molar-refractivity contribution < 1.29 is 4.79 Å². The molecule has 0 radical (unpaired) electrons. The summed E-state index contributed by atoms with van der Waals surface area (Å²) in [5, 5.41) is 0. The number of carbonyl (C=O) groups is 1. The molecule has 0 aromatic heterocycles. The van der Waals surface area contributed by atoms with E-state index in [0.717, 1.165) is 24.8 Å². The van der Waals surface area contributed by atoms with Crippen LogP contribution in [0.2, 0.25) is 0 Å². The van der Waals surface area contributed by atoms with Crippen molar-refractivity contribution >= 4 is 5.78 Å². The van der Waals surface area contributed by atoms with E-state index in [1.807, 2.05) is 0 Å². The van der Waals surface area contributed by atoms with Gasteiger partial charge in [-0.05, 0) is 31.6 Å². The van der Waals surface area contributed by atoms with Crippen LogP contribution in [0.1, 0.15) is 59.3 Å². The van der Waals surface area contributed by atoms with Crippen molar-refractivity contribution in [3.8, 4) is 0 Å². The fourth-order valence-electron chi connectivity index (χ4n) is 3.68. The third-order valence-electron chi connectivity index (χ3n) is 5.49. The Balaban J connectivity index is 1.81. The van der Waals surface area contributed by atoms with Crippen LogP contribution < -0.4 is 0 Å². The standard InChI is InChI=1S/C16H29NO/c1-4-14-5-7-15(8-6-14)11-17-10-9-16(18)12(2)13(17)3/h12-15H,4-11H2,1-3H3. The summed E-state index contributed by atoms with van der Waals surface area (Å²) in [6.45, 7) is 8.89. The second-order valence-electron chi connectivity index (χ2n) is 6.54. The van der Waals surface area contributed by atoms with Crippen LogP contribution in [0, 0.1) is 17.8 Å². The molecule has 2 heteroatoms. The maximum atomic E-state index is 11.7. The Hall–Kier alpha value is -0.370. The molecule has 104 valence electrons. The van der Waals surface area contributed by atoms with E-state index in [1.54, 1.807) is 0 Å². The van der Waals surface area contributed by atoms with E-state index in [1.165, 1.54) is 38.6 Å². The van der Waals surface area contributed by atoms with Gasteiger partial charge in [-0.15, -0.1) is 0 Å². The number of hydrogen-bond acceptors (Lipinski definition) is 2. The predicted molar refractivity (Wildman–Crippen MR) is 75.6 cm³/mol. The normalized spacial score (nSPS) is 38.9. The summed E-state index contributed by atoms with van der Waals surface area (Å²) in [6, 6.07) is 0.454. The molecule has 1 heterocycles. The number of hydrogen-bond donors (Lipinski definition) is 0. The number of carbonyl (C=O) groups excluding carboxylic acids is 1. The van der Waals surface area contributed by atoms with Crippen molar-refractivity contribution in [2.24, 2.45) is 17.8 Å². The highest BCUT2D eigenvalue weighted by atomic mass is 16.1. The number of ketones is 1. The molecule has 2 aliphatic rings. The van der Waals surface area contributed by atoms with Crippen molar-refractivity contribution in [1.29, 1.82) is 0 Å². The fourth-order valence-corrected chi connectivity index (χ4v) is 3.68. The molecule has 2 fully saturated rings. The molecule has 2 nitrogen and oxygen atoms in total. The Kier molecular flexibility index (Phi) is 4.83. The number of likely N-dealkylation sites (tertiary alicyclic amines) is 1. The first kappa shape index (κ1) is 14.0. The zero-order valence-electron chi connectivity index (χ0n) is 12.3. The Morgan fingerprint density at radius 1 is 1.11 bits per heavy atom. The second kappa shape index (κ2) is 6.18. The Morgan fingerprint density at radius 3 is 2.33 bits per heavy atom. The molecule has 0 bridgehead atoms. The minimum Gasteiger partial charge on any atom is -0.299 e. The van der Waals surface area contributed by atoms with Crippen LogP contribution in [-0.2, 0) is 4.79 Å². The topological polar surface area (TPSA) is 20.3 Å². The average Bonchev–Trinajstić information content (AvgIpc) is 2.40. The molecule has 0 aromatic carbocycles. The third kappa shape index (κ3) is 3.14. The smallest absolute Gasteiger partial charge is 0.138 e. The molecular weight excluding hydrogens is 222 g/mol.